The van der Waals surface area contributed by atoms with Crippen LogP contribution in [0.25, 0.3) is 10.8 Å². The number of pyridine rings is 1. The van der Waals surface area contributed by atoms with Crippen LogP contribution >= 0.6 is 12.8 Å². The van der Waals surface area contributed by atoms with Gasteiger partial charge in [0, 0.05) is 29.2 Å². The second-order valence-corrected chi connectivity index (χ2v) is 5.36. The molecule has 0 aliphatic rings. The van der Waals surface area contributed by atoms with Gasteiger partial charge >= 0.3 is 6.03 Å². The van der Waals surface area contributed by atoms with Crippen molar-refractivity contribution in [3.63, 3.8) is 0 Å². The van der Waals surface area contributed by atoms with Crippen molar-refractivity contribution in [2.75, 3.05) is 16.7 Å². The number of hydrogen-bond donors (Lipinski definition) is 2. The molecule has 5 nitrogen and oxygen atoms in total. The van der Waals surface area contributed by atoms with Crippen LogP contribution in [0.4, 0.5) is 20.6 Å². The van der Waals surface area contributed by atoms with Gasteiger partial charge < -0.3 is 10.1 Å². The highest BCUT2D eigenvalue weighted by Gasteiger charge is 2.18. The van der Waals surface area contributed by atoms with E-state index in [0.29, 0.717) is 11.4 Å². The fraction of sp³-hybridized carbons (Fsp3) is 0.0588. The SMILES string of the molecule is COc1ccc(F)cc1N(S)C(=O)Nc1cccc2cnccc12. The highest BCUT2D eigenvalue weighted by molar-refractivity contribution is 7.82. The third-order valence-corrected chi connectivity index (χ3v) is 3.88. The van der Waals surface area contributed by atoms with E-state index in [-0.39, 0.29) is 5.69 Å². The molecule has 0 atom stereocenters. The number of hydrogen-bond acceptors (Lipinski definition) is 4. The lowest BCUT2D eigenvalue weighted by atomic mass is 10.1. The summed E-state index contributed by atoms with van der Waals surface area (Å²) < 4.78 is 19.6. The fourth-order valence-electron chi connectivity index (χ4n) is 2.34. The lowest BCUT2D eigenvalue weighted by Crippen LogP contribution is -2.27. The molecule has 3 rings (SSSR count). The first-order chi connectivity index (χ1) is 11.6. The zero-order valence-electron chi connectivity index (χ0n) is 12.7. The van der Waals surface area contributed by atoms with E-state index in [9.17, 15) is 9.18 Å². The van der Waals surface area contributed by atoms with Crippen LogP contribution in [0, 0.1) is 5.82 Å². The molecule has 3 aromatic rings. The average Bonchev–Trinajstić information content (AvgIpc) is 2.61. The Balaban J connectivity index is 1.90. The summed E-state index contributed by atoms with van der Waals surface area (Å²) in [5.41, 5.74) is 0.814. The second kappa shape index (κ2) is 6.76. The number of anilines is 2. The van der Waals surface area contributed by atoms with Crippen molar-refractivity contribution in [2.24, 2.45) is 0 Å². The van der Waals surface area contributed by atoms with Crippen molar-refractivity contribution in [1.82, 2.24) is 4.98 Å². The monoisotopic (exact) mass is 343 g/mol. The van der Waals surface area contributed by atoms with Crippen LogP contribution in [0.3, 0.4) is 0 Å². The Morgan fingerprint density at radius 1 is 1.29 bits per heavy atom. The molecule has 0 radical (unpaired) electrons. The molecule has 2 amide bonds. The summed E-state index contributed by atoms with van der Waals surface area (Å²) in [4.78, 5) is 16.5. The van der Waals surface area contributed by atoms with E-state index in [1.807, 2.05) is 12.1 Å². The van der Waals surface area contributed by atoms with Gasteiger partial charge in [-0.3, -0.25) is 4.98 Å². The lowest BCUT2D eigenvalue weighted by molar-refractivity contribution is 0.260. The maximum Gasteiger partial charge on any atom is 0.336 e. The van der Waals surface area contributed by atoms with Crippen LogP contribution in [-0.2, 0) is 0 Å². The minimum atomic E-state index is -0.536. The molecule has 1 heterocycles. The molecule has 0 fully saturated rings. The van der Waals surface area contributed by atoms with Gasteiger partial charge in [0.15, 0.2) is 0 Å². The van der Waals surface area contributed by atoms with Gasteiger partial charge in [-0.15, -0.1) is 0 Å². The number of fused-ring (bicyclic) bond motifs is 1. The third-order valence-electron chi connectivity index (χ3n) is 3.48. The van der Waals surface area contributed by atoms with Crippen LogP contribution in [0.1, 0.15) is 0 Å². The number of methoxy groups -OCH3 is 1. The van der Waals surface area contributed by atoms with Gasteiger partial charge in [-0.25, -0.2) is 13.5 Å². The molecular formula is C17H14FN3O2S. The van der Waals surface area contributed by atoms with Crippen LogP contribution < -0.4 is 14.4 Å². The largest absolute Gasteiger partial charge is 0.495 e. The van der Waals surface area contributed by atoms with Crippen molar-refractivity contribution < 1.29 is 13.9 Å². The standard InChI is InChI=1S/C17H14FN3O2S/c1-23-16-6-5-12(18)9-15(16)21(24)17(22)20-14-4-2-3-11-10-19-8-7-13(11)14/h2-10,24H,1H3,(H,20,22). The quantitative estimate of drug-likeness (QED) is 0.699. The summed E-state index contributed by atoms with van der Waals surface area (Å²) in [7, 11) is 1.44. The van der Waals surface area contributed by atoms with E-state index in [0.717, 1.165) is 15.1 Å². The van der Waals surface area contributed by atoms with Crippen molar-refractivity contribution in [3.05, 3.63) is 60.7 Å². The molecule has 0 bridgehead atoms. The average molecular weight is 343 g/mol. The number of ether oxygens (including phenoxy) is 1. The second-order valence-electron chi connectivity index (χ2n) is 4.96. The Labute approximate surface area is 143 Å². The van der Waals surface area contributed by atoms with Crippen molar-refractivity contribution in [2.45, 2.75) is 0 Å². The number of rotatable bonds is 3. The molecule has 0 aliphatic carbocycles. The number of nitrogens with one attached hydrogen (secondary N) is 1. The number of nitrogens with zero attached hydrogens (tertiary/aromatic N) is 2. The molecule has 0 unspecified atom stereocenters. The lowest BCUT2D eigenvalue weighted by Gasteiger charge is -2.19. The summed E-state index contributed by atoms with van der Waals surface area (Å²) in [6.07, 6.45) is 3.35. The van der Waals surface area contributed by atoms with Crippen LogP contribution in [0.5, 0.6) is 5.75 Å². The third kappa shape index (κ3) is 3.11. The molecule has 1 N–H and O–H groups in total. The van der Waals surface area contributed by atoms with Crippen molar-refractivity contribution >= 4 is 41.0 Å². The summed E-state index contributed by atoms with van der Waals surface area (Å²) >= 11 is 4.17. The normalized spacial score (nSPS) is 10.5. The molecule has 1 aromatic heterocycles. The highest BCUT2D eigenvalue weighted by atomic mass is 32.1. The van der Waals surface area contributed by atoms with Crippen LogP contribution in [0.15, 0.2) is 54.9 Å². The van der Waals surface area contributed by atoms with Crippen LogP contribution in [-0.4, -0.2) is 18.1 Å². The van der Waals surface area contributed by atoms with E-state index in [2.05, 4.69) is 23.1 Å². The van der Waals surface area contributed by atoms with Crippen molar-refractivity contribution in [1.29, 1.82) is 0 Å². The molecule has 0 spiro atoms. The fourth-order valence-corrected chi connectivity index (χ4v) is 2.54. The number of urea groups is 1. The number of benzene rings is 2. The number of carbonyl (C=O) groups is 1. The van der Waals surface area contributed by atoms with Crippen molar-refractivity contribution in [3.8, 4) is 5.75 Å². The number of halogens is 1. The Morgan fingerprint density at radius 2 is 2.12 bits per heavy atom. The summed E-state index contributed by atoms with van der Waals surface area (Å²) in [5.74, 6) is -0.155. The molecule has 0 saturated heterocycles. The number of aromatic nitrogens is 1. The summed E-state index contributed by atoms with van der Waals surface area (Å²) in [6.45, 7) is 0. The predicted molar refractivity (Wildman–Crippen MR) is 95.2 cm³/mol. The molecule has 0 saturated carbocycles. The minimum absolute atomic E-state index is 0.209. The summed E-state index contributed by atoms with van der Waals surface area (Å²) in [6, 6.07) is 10.6. The zero-order chi connectivity index (χ0) is 17.1. The van der Waals surface area contributed by atoms with E-state index < -0.39 is 11.8 Å². The topological polar surface area (TPSA) is 54.5 Å². The number of carbonyl (C=O) groups excluding carboxylic acids is 1. The Morgan fingerprint density at radius 3 is 2.92 bits per heavy atom. The molecule has 24 heavy (non-hydrogen) atoms. The van der Waals surface area contributed by atoms with E-state index in [1.165, 1.54) is 25.3 Å². The minimum Gasteiger partial charge on any atom is -0.495 e. The predicted octanol–water partition coefficient (Wildman–Crippen LogP) is 4.27. The van der Waals surface area contributed by atoms with E-state index in [1.54, 1.807) is 24.5 Å². The van der Waals surface area contributed by atoms with Gasteiger partial charge in [0.2, 0.25) is 0 Å². The van der Waals surface area contributed by atoms with Gasteiger partial charge in [0.05, 0.1) is 12.8 Å². The first kappa shape index (κ1) is 16.1. The maximum atomic E-state index is 13.5. The van der Waals surface area contributed by atoms with E-state index >= 15 is 0 Å². The van der Waals surface area contributed by atoms with Gasteiger partial charge in [-0.2, -0.15) is 0 Å². The smallest absolute Gasteiger partial charge is 0.336 e. The molecule has 0 aliphatic heterocycles. The van der Waals surface area contributed by atoms with Crippen LogP contribution in [0.2, 0.25) is 0 Å². The molecular weight excluding hydrogens is 329 g/mol. The molecule has 7 heteroatoms. The van der Waals surface area contributed by atoms with E-state index in [4.69, 9.17) is 4.74 Å². The number of thiol groups is 1. The Bertz CT molecular complexity index is 899. The van der Waals surface area contributed by atoms with Gasteiger partial charge in [0.25, 0.3) is 0 Å². The van der Waals surface area contributed by atoms with Gasteiger partial charge in [-0.1, -0.05) is 24.9 Å². The Hall–Kier alpha value is -2.80. The Kier molecular flexibility index (Phi) is 4.52. The summed E-state index contributed by atoms with van der Waals surface area (Å²) in [5, 5.41) is 4.49. The molecule has 122 valence electrons. The first-order valence-electron chi connectivity index (χ1n) is 7.06. The highest BCUT2D eigenvalue weighted by Crippen LogP contribution is 2.31. The van der Waals surface area contributed by atoms with Gasteiger partial charge in [-0.05, 0) is 24.3 Å². The zero-order valence-corrected chi connectivity index (χ0v) is 13.6. The number of amides is 2. The first-order valence-corrected chi connectivity index (χ1v) is 7.46. The maximum absolute atomic E-state index is 13.5. The van der Waals surface area contributed by atoms with Gasteiger partial charge in [0.1, 0.15) is 17.3 Å². The molecule has 2 aromatic carbocycles.